The molecule has 3 aromatic rings. The fourth-order valence-corrected chi connectivity index (χ4v) is 3.26. The van der Waals surface area contributed by atoms with Crippen molar-refractivity contribution in [3.63, 3.8) is 0 Å². The van der Waals surface area contributed by atoms with Gasteiger partial charge in [-0.3, -0.25) is 9.59 Å². The number of benzene rings is 2. The van der Waals surface area contributed by atoms with Crippen molar-refractivity contribution in [2.24, 2.45) is 0 Å². The number of aryl methyl sites for hydroxylation is 2. The monoisotopic (exact) mass is 378 g/mol. The molecule has 5 heteroatoms. The van der Waals surface area contributed by atoms with Crippen molar-refractivity contribution < 1.29 is 9.53 Å². The van der Waals surface area contributed by atoms with E-state index in [1.165, 1.54) is 5.56 Å². The molecule has 0 aliphatic rings. The van der Waals surface area contributed by atoms with E-state index in [1.807, 2.05) is 62.4 Å². The molecule has 0 radical (unpaired) electrons. The normalized spacial score (nSPS) is 10.8. The summed E-state index contributed by atoms with van der Waals surface area (Å²) in [6.07, 6.45) is 1.65. The molecule has 5 nitrogen and oxygen atoms in total. The molecule has 0 fully saturated rings. The third-order valence-corrected chi connectivity index (χ3v) is 4.69. The summed E-state index contributed by atoms with van der Waals surface area (Å²) in [4.78, 5) is 24.4. The van der Waals surface area contributed by atoms with E-state index >= 15 is 0 Å². The van der Waals surface area contributed by atoms with Crippen LogP contribution >= 0.6 is 0 Å². The van der Waals surface area contributed by atoms with Crippen LogP contribution in [0.3, 0.4) is 0 Å². The Morgan fingerprint density at radius 3 is 2.64 bits per heavy atom. The third kappa shape index (κ3) is 4.80. The molecule has 1 amide bonds. The maximum atomic E-state index is 12.3. The van der Waals surface area contributed by atoms with Crippen LogP contribution < -0.4 is 15.6 Å². The highest BCUT2D eigenvalue weighted by atomic mass is 16.5. The molecule has 146 valence electrons. The highest BCUT2D eigenvalue weighted by molar-refractivity contribution is 5.84. The number of hydrogen-bond donors (Lipinski definition) is 1. The first-order valence-electron chi connectivity index (χ1n) is 9.66. The van der Waals surface area contributed by atoms with Gasteiger partial charge in [0.25, 0.3) is 11.5 Å². The van der Waals surface area contributed by atoms with Crippen LogP contribution in [0.5, 0.6) is 5.75 Å². The maximum Gasteiger partial charge on any atom is 0.257 e. The summed E-state index contributed by atoms with van der Waals surface area (Å²) in [5, 5.41) is 3.89. The summed E-state index contributed by atoms with van der Waals surface area (Å²) in [5.41, 5.74) is 2.96. The topological polar surface area (TPSA) is 60.3 Å². The minimum absolute atomic E-state index is 0.0114. The number of carbonyl (C=O) groups is 1. The molecular formula is C23H26N2O3. The quantitative estimate of drug-likeness (QED) is 0.653. The lowest BCUT2D eigenvalue weighted by Crippen LogP contribution is -2.30. The van der Waals surface area contributed by atoms with Gasteiger partial charge in [0.2, 0.25) is 0 Å². The first-order chi connectivity index (χ1) is 13.6. The molecule has 28 heavy (non-hydrogen) atoms. The Hall–Kier alpha value is -3.08. The first kappa shape index (κ1) is 19.7. The first-order valence-corrected chi connectivity index (χ1v) is 9.66. The molecule has 2 aromatic carbocycles. The number of nitrogens with one attached hydrogen (secondary N) is 1. The molecule has 1 N–H and O–H groups in total. The Balaban J connectivity index is 1.63. The predicted molar refractivity (Wildman–Crippen MR) is 112 cm³/mol. The van der Waals surface area contributed by atoms with E-state index in [0.717, 1.165) is 29.3 Å². The Bertz CT molecular complexity index is 1010. The van der Waals surface area contributed by atoms with Gasteiger partial charge in [-0.15, -0.1) is 0 Å². The number of carbonyl (C=O) groups excluding carboxylic acids is 1. The molecule has 0 aliphatic carbocycles. The molecule has 1 heterocycles. The number of ether oxygens (including phenoxy) is 1. The summed E-state index contributed by atoms with van der Waals surface area (Å²) < 4.78 is 7.42. The standard InChI is InChI=1S/C23H26N2O3/c1-3-13-25-21-15-19(9-10-20(21)17(2)14-23(25)27)28-16-22(26)24-12-11-18-7-5-4-6-8-18/h4-10,14-15H,3,11-13,16H2,1-2H3,(H,24,26). The average molecular weight is 378 g/mol. The Kier molecular flexibility index (Phi) is 6.48. The molecule has 0 spiro atoms. The van der Waals surface area contributed by atoms with Crippen molar-refractivity contribution in [1.82, 2.24) is 9.88 Å². The second-order valence-electron chi connectivity index (χ2n) is 6.87. The molecule has 3 rings (SSSR count). The lowest BCUT2D eigenvalue weighted by molar-refractivity contribution is -0.123. The lowest BCUT2D eigenvalue weighted by atomic mass is 10.1. The average Bonchev–Trinajstić information content (AvgIpc) is 2.70. The van der Waals surface area contributed by atoms with Gasteiger partial charge >= 0.3 is 0 Å². The van der Waals surface area contributed by atoms with Crippen molar-refractivity contribution in [2.75, 3.05) is 13.2 Å². The van der Waals surface area contributed by atoms with Gasteiger partial charge in [-0.05, 0) is 43.0 Å². The molecule has 0 saturated heterocycles. The van der Waals surface area contributed by atoms with Gasteiger partial charge in [-0.25, -0.2) is 0 Å². The summed E-state index contributed by atoms with van der Waals surface area (Å²) in [6, 6.07) is 17.3. The highest BCUT2D eigenvalue weighted by Gasteiger charge is 2.09. The van der Waals surface area contributed by atoms with E-state index < -0.39 is 0 Å². The second-order valence-corrected chi connectivity index (χ2v) is 6.87. The van der Waals surface area contributed by atoms with E-state index in [-0.39, 0.29) is 18.1 Å². The maximum absolute atomic E-state index is 12.3. The third-order valence-electron chi connectivity index (χ3n) is 4.69. The molecule has 0 atom stereocenters. The number of fused-ring (bicyclic) bond motifs is 1. The summed E-state index contributed by atoms with van der Waals surface area (Å²) >= 11 is 0. The Labute approximate surface area is 165 Å². The number of pyridine rings is 1. The molecule has 1 aromatic heterocycles. The second kappa shape index (κ2) is 9.22. The zero-order chi connectivity index (χ0) is 19.9. The van der Waals surface area contributed by atoms with E-state index in [4.69, 9.17) is 4.74 Å². The van der Waals surface area contributed by atoms with Crippen LogP contribution in [0, 0.1) is 6.92 Å². The molecule has 0 bridgehead atoms. The number of hydrogen-bond acceptors (Lipinski definition) is 3. The van der Waals surface area contributed by atoms with Crippen LogP contribution in [0.25, 0.3) is 10.9 Å². The lowest BCUT2D eigenvalue weighted by Gasteiger charge is -2.13. The predicted octanol–water partition coefficient (Wildman–Crippen LogP) is 3.46. The van der Waals surface area contributed by atoms with Crippen molar-refractivity contribution in [3.8, 4) is 5.75 Å². The Morgan fingerprint density at radius 2 is 1.89 bits per heavy atom. The van der Waals surface area contributed by atoms with Gasteiger partial charge in [-0.2, -0.15) is 0 Å². The van der Waals surface area contributed by atoms with E-state index in [2.05, 4.69) is 5.32 Å². The summed E-state index contributed by atoms with van der Waals surface area (Å²) in [7, 11) is 0. The van der Waals surface area contributed by atoms with Crippen LogP contribution in [-0.2, 0) is 17.8 Å². The van der Waals surface area contributed by atoms with Crippen LogP contribution in [0.4, 0.5) is 0 Å². The molecular weight excluding hydrogens is 352 g/mol. The smallest absolute Gasteiger partial charge is 0.257 e. The number of aromatic nitrogens is 1. The van der Waals surface area contributed by atoms with Gasteiger partial charge < -0.3 is 14.6 Å². The minimum Gasteiger partial charge on any atom is -0.484 e. The van der Waals surface area contributed by atoms with Crippen LogP contribution in [-0.4, -0.2) is 23.6 Å². The zero-order valence-corrected chi connectivity index (χ0v) is 16.4. The van der Waals surface area contributed by atoms with Crippen molar-refractivity contribution in [3.05, 3.63) is 76.1 Å². The van der Waals surface area contributed by atoms with Crippen molar-refractivity contribution >= 4 is 16.8 Å². The minimum atomic E-state index is -0.161. The number of nitrogens with zero attached hydrogens (tertiary/aromatic N) is 1. The molecule has 0 aliphatic heterocycles. The van der Waals surface area contributed by atoms with Gasteiger partial charge in [0, 0.05) is 30.6 Å². The van der Waals surface area contributed by atoms with Crippen molar-refractivity contribution in [1.29, 1.82) is 0 Å². The number of amides is 1. The van der Waals surface area contributed by atoms with Crippen molar-refractivity contribution in [2.45, 2.75) is 33.2 Å². The SMILES string of the molecule is CCCn1c(=O)cc(C)c2ccc(OCC(=O)NCCc3ccccc3)cc21. The van der Waals surface area contributed by atoms with Gasteiger partial charge in [0.05, 0.1) is 5.52 Å². The van der Waals surface area contributed by atoms with Gasteiger partial charge in [-0.1, -0.05) is 37.3 Å². The van der Waals surface area contributed by atoms with Crippen LogP contribution in [0.2, 0.25) is 0 Å². The van der Waals surface area contributed by atoms with E-state index in [9.17, 15) is 9.59 Å². The fourth-order valence-electron chi connectivity index (χ4n) is 3.26. The zero-order valence-electron chi connectivity index (χ0n) is 16.4. The largest absolute Gasteiger partial charge is 0.484 e. The summed E-state index contributed by atoms with van der Waals surface area (Å²) in [6.45, 7) is 5.14. The summed E-state index contributed by atoms with van der Waals surface area (Å²) in [5.74, 6) is 0.423. The molecule has 0 saturated carbocycles. The van der Waals surface area contributed by atoms with E-state index in [1.54, 1.807) is 10.6 Å². The number of rotatable bonds is 8. The van der Waals surface area contributed by atoms with Gasteiger partial charge in [0.1, 0.15) is 5.75 Å². The van der Waals surface area contributed by atoms with Gasteiger partial charge in [0.15, 0.2) is 6.61 Å². The van der Waals surface area contributed by atoms with E-state index in [0.29, 0.717) is 18.8 Å². The highest BCUT2D eigenvalue weighted by Crippen LogP contribution is 2.22. The molecule has 0 unspecified atom stereocenters. The fraction of sp³-hybridized carbons (Fsp3) is 0.304. The van der Waals surface area contributed by atoms with Crippen LogP contribution in [0.1, 0.15) is 24.5 Å². The Morgan fingerprint density at radius 1 is 1.11 bits per heavy atom. The van der Waals surface area contributed by atoms with Crippen LogP contribution in [0.15, 0.2) is 59.4 Å².